The minimum atomic E-state index is -0.0158. The maximum Gasteiger partial charge on any atom is 0.237 e. The molecule has 1 atom stereocenters. The number of piperazine rings is 1. The van der Waals surface area contributed by atoms with Gasteiger partial charge in [-0.15, -0.1) is 0 Å². The van der Waals surface area contributed by atoms with E-state index < -0.39 is 0 Å². The highest BCUT2D eigenvalue weighted by molar-refractivity contribution is 5.82. The summed E-state index contributed by atoms with van der Waals surface area (Å²) in [4.78, 5) is 32.7. The molecule has 29 heavy (non-hydrogen) atoms. The Morgan fingerprint density at radius 2 is 1.52 bits per heavy atom. The molecule has 0 aromatic carbocycles. The first-order valence-corrected chi connectivity index (χ1v) is 12.2. The van der Waals surface area contributed by atoms with Crippen molar-refractivity contribution in [3.63, 3.8) is 0 Å². The van der Waals surface area contributed by atoms with Crippen LogP contribution in [0.25, 0.3) is 0 Å². The van der Waals surface area contributed by atoms with Crippen molar-refractivity contribution >= 4 is 11.8 Å². The van der Waals surface area contributed by atoms with E-state index in [9.17, 15) is 9.59 Å². The average molecular weight is 407 g/mol. The van der Waals surface area contributed by atoms with Crippen LogP contribution in [0.1, 0.15) is 65.2 Å². The first-order valence-electron chi connectivity index (χ1n) is 12.2. The van der Waals surface area contributed by atoms with Gasteiger partial charge in [-0.1, -0.05) is 39.5 Å². The number of rotatable bonds is 9. The van der Waals surface area contributed by atoms with Crippen LogP contribution in [-0.2, 0) is 9.59 Å². The van der Waals surface area contributed by atoms with E-state index in [2.05, 4.69) is 33.9 Å². The first-order chi connectivity index (χ1) is 14.1. The quantitative estimate of drug-likeness (QED) is 0.639. The van der Waals surface area contributed by atoms with E-state index in [1.807, 2.05) is 0 Å². The maximum atomic E-state index is 13.2. The predicted octanol–water partition coefficient (Wildman–Crippen LogP) is 2.34. The van der Waals surface area contributed by atoms with Crippen LogP contribution < -0.4 is 5.32 Å². The summed E-state index contributed by atoms with van der Waals surface area (Å²) in [6.07, 6.45) is 9.35. The normalized spacial score (nSPS) is 23.1. The summed E-state index contributed by atoms with van der Waals surface area (Å²) in [5, 5.41) is 3.23. The van der Waals surface area contributed by atoms with Crippen molar-refractivity contribution < 1.29 is 9.59 Å². The highest BCUT2D eigenvalue weighted by atomic mass is 16.2. The van der Waals surface area contributed by atoms with Gasteiger partial charge in [-0.25, -0.2) is 0 Å². The second-order valence-electron chi connectivity index (χ2n) is 9.15. The predicted molar refractivity (Wildman–Crippen MR) is 117 cm³/mol. The molecule has 1 saturated heterocycles. The number of hydrogen-bond donors (Lipinski definition) is 1. The molecule has 6 nitrogen and oxygen atoms in total. The van der Waals surface area contributed by atoms with Crippen LogP contribution in [0, 0.1) is 11.8 Å². The lowest BCUT2D eigenvalue weighted by atomic mass is 9.94. The fraction of sp³-hybridized carbons (Fsp3) is 0.913. The van der Waals surface area contributed by atoms with Gasteiger partial charge >= 0.3 is 0 Å². The van der Waals surface area contributed by atoms with E-state index in [4.69, 9.17) is 0 Å². The van der Waals surface area contributed by atoms with Crippen LogP contribution >= 0.6 is 0 Å². The molecule has 0 bridgehead atoms. The number of carbonyl (C=O) groups is 2. The van der Waals surface area contributed by atoms with Crippen molar-refractivity contribution in [2.45, 2.75) is 71.3 Å². The van der Waals surface area contributed by atoms with Crippen molar-refractivity contribution in [2.24, 2.45) is 11.8 Å². The highest BCUT2D eigenvalue weighted by Crippen LogP contribution is 2.32. The lowest BCUT2D eigenvalue weighted by Crippen LogP contribution is -2.58. The summed E-state index contributed by atoms with van der Waals surface area (Å²) < 4.78 is 0. The Morgan fingerprint density at radius 1 is 0.931 bits per heavy atom. The Morgan fingerprint density at radius 3 is 2.10 bits per heavy atom. The SMILES string of the molecule is CCN(CC)CCNC(=O)C(C1CCCC1)N1CCN(C(=O)C2CCCC2)CC1. The average Bonchev–Trinajstić information content (AvgIpc) is 3.46. The van der Waals surface area contributed by atoms with E-state index in [1.54, 1.807) is 0 Å². The van der Waals surface area contributed by atoms with Crippen molar-refractivity contribution in [1.29, 1.82) is 0 Å². The van der Waals surface area contributed by atoms with E-state index in [0.717, 1.165) is 78.0 Å². The molecule has 3 aliphatic rings. The van der Waals surface area contributed by atoms with Gasteiger partial charge in [0.15, 0.2) is 0 Å². The Hall–Kier alpha value is -1.14. The summed E-state index contributed by atoms with van der Waals surface area (Å²) in [5.41, 5.74) is 0. The molecule has 0 radical (unpaired) electrons. The zero-order valence-corrected chi connectivity index (χ0v) is 18.7. The number of nitrogens with zero attached hydrogens (tertiary/aromatic N) is 3. The topological polar surface area (TPSA) is 55.9 Å². The fourth-order valence-corrected chi connectivity index (χ4v) is 5.58. The summed E-state index contributed by atoms with van der Waals surface area (Å²) >= 11 is 0. The summed E-state index contributed by atoms with van der Waals surface area (Å²) in [6, 6.07) is -0.0158. The van der Waals surface area contributed by atoms with Gasteiger partial charge in [-0.05, 0) is 44.7 Å². The lowest BCUT2D eigenvalue weighted by molar-refractivity contribution is -0.138. The zero-order chi connectivity index (χ0) is 20.6. The van der Waals surface area contributed by atoms with Crippen molar-refractivity contribution in [1.82, 2.24) is 20.0 Å². The van der Waals surface area contributed by atoms with Gasteiger partial charge < -0.3 is 15.1 Å². The molecular formula is C23H42N4O2. The fourth-order valence-electron chi connectivity index (χ4n) is 5.58. The molecule has 1 heterocycles. The molecule has 0 spiro atoms. The van der Waals surface area contributed by atoms with Crippen molar-refractivity contribution in [2.75, 3.05) is 52.4 Å². The Bertz CT molecular complexity index is 517. The third-order valence-electron chi connectivity index (χ3n) is 7.46. The number of hydrogen-bond acceptors (Lipinski definition) is 4. The molecule has 3 rings (SSSR count). The van der Waals surface area contributed by atoms with Gasteiger partial charge in [0.1, 0.15) is 0 Å². The van der Waals surface area contributed by atoms with Gasteiger partial charge in [0.2, 0.25) is 11.8 Å². The van der Waals surface area contributed by atoms with Crippen LogP contribution in [0.4, 0.5) is 0 Å². The van der Waals surface area contributed by atoms with E-state index >= 15 is 0 Å². The summed E-state index contributed by atoms with van der Waals surface area (Å²) in [7, 11) is 0. The molecule has 0 aromatic heterocycles. The largest absolute Gasteiger partial charge is 0.353 e. The molecule has 1 aliphatic heterocycles. The molecule has 2 aliphatic carbocycles. The number of amides is 2. The minimum absolute atomic E-state index is 0.0158. The molecule has 6 heteroatoms. The van der Waals surface area contributed by atoms with Gasteiger partial charge in [0.05, 0.1) is 6.04 Å². The molecule has 0 aromatic rings. The first kappa shape index (κ1) is 22.5. The summed E-state index contributed by atoms with van der Waals surface area (Å²) in [5.74, 6) is 1.30. The second-order valence-corrected chi connectivity index (χ2v) is 9.15. The third-order valence-corrected chi connectivity index (χ3v) is 7.46. The zero-order valence-electron chi connectivity index (χ0n) is 18.7. The van der Waals surface area contributed by atoms with Crippen LogP contribution in [0.15, 0.2) is 0 Å². The van der Waals surface area contributed by atoms with Crippen LogP contribution in [0.5, 0.6) is 0 Å². The molecule has 2 saturated carbocycles. The number of nitrogens with one attached hydrogen (secondary N) is 1. The Labute approximate surface area is 177 Å². The monoisotopic (exact) mass is 406 g/mol. The van der Waals surface area contributed by atoms with Gasteiger partial charge in [0.25, 0.3) is 0 Å². The van der Waals surface area contributed by atoms with E-state index in [0.29, 0.717) is 11.8 Å². The third kappa shape index (κ3) is 5.94. The summed E-state index contributed by atoms with van der Waals surface area (Å²) in [6.45, 7) is 11.3. The van der Waals surface area contributed by atoms with Gasteiger partial charge in [-0.2, -0.15) is 0 Å². The van der Waals surface area contributed by atoms with Crippen LogP contribution in [-0.4, -0.2) is 84.9 Å². The van der Waals surface area contributed by atoms with Gasteiger partial charge in [0, 0.05) is 45.2 Å². The molecule has 166 valence electrons. The van der Waals surface area contributed by atoms with Gasteiger partial charge in [-0.3, -0.25) is 14.5 Å². The molecule has 2 amide bonds. The molecular weight excluding hydrogens is 364 g/mol. The minimum Gasteiger partial charge on any atom is -0.353 e. The highest BCUT2D eigenvalue weighted by Gasteiger charge is 2.38. The van der Waals surface area contributed by atoms with Crippen molar-refractivity contribution in [3.05, 3.63) is 0 Å². The lowest BCUT2D eigenvalue weighted by Gasteiger charge is -2.41. The Balaban J connectivity index is 1.53. The van der Waals surface area contributed by atoms with Crippen LogP contribution in [0.2, 0.25) is 0 Å². The second kappa shape index (κ2) is 11.3. The number of carbonyl (C=O) groups excluding carboxylic acids is 2. The molecule has 1 unspecified atom stereocenters. The smallest absolute Gasteiger partial charge is 0.237 e. The number of likely N-dealkylation sites (N-methyl/N-ethyl adjacent to an activating group) is 1. The maximum absolute atomic E-state index is 13.2. The Kier molecular flexibility index (Phi) is 8.79. The standard InChI is InChI=1S/C23H42N4O2/c1-3-25(4-2)14-13-24-22(28)21(19-9-5-6-10-19)26-15-17-27(18-16-26)23(29)20-11-7-8-12-20/h19-21H,3-18H2,1-2H3,(H,24,28). The van der Waals surface area contributed by atoms with Crippen molar-refractivity contribution in [3.8, 4) is 0 Å². The molecule has 3 fully saturated rings. The van der Waals surface area contributed by atoms with E-state index in [1.165, 1.54) is 25.7 Å². The van der Waals surface area contributed by atoms with Crippen LogP contribution in [0.3, 0.4) is 0 Å². The van der Waals surface area contributed by atoms with E-state index in [-0.39, 0.29) is 17.9 Å². The molecule has 1 N–H and O–H groups in total.